The summed E-state index contributed by atoms with van der Waals surface area (Å²) in [5.74, 6) is 0. The molecular weight excluding hydrogens is 599 g/mol. The molecule has 0 fully saturated rings. The molecule has 8 aromatic carbocycles. The lowest BCUT2D eigenvalue weighted by Gasteiger charge is -2.28. The van der Waals surface area contributed by atoms with Crippen LogP contribution in [0.5, 0.6) is 0 Å². The summed E-state index contributed by atoms with van der Waals surface area (Å²) in [5.41, 5.74) is 11.3. The molecule has 0 aliphatic carbocycles. The first-order valence-corrected chi connectivity index (χ1v) is 16.6. The number of hydrogen-bond acceptors (Lipinski definition) is 3. The summed E-state index contributed by atoms with van der Waals surface area (Å²) >= 11 is 0. The van der Waals surface area contributed by atoms with Crippen LogP contribution in [0.2, 0.25) is 0 Å². The summed E-state index contributed by atoms with van der Waals surface area (Å²) in [6, 6.07) is 62.1. The molecule has 3 heteroatoms. The van der Waals surface area contributed by atoms with Crippen LogP contribution < -0.4 is 4.90 Å². The second-order valence-electron chi connectivity index (χ2n) is 12.5. The van der Waals surface area contributed by atoms with Gasteiger partial charge in [0.1, 0.15) is 22.3 Å². The van der Waals surface area contributed by atoms with E-state index in [0.29, 0.717) is 0 Å². The monoisotopic (exact) mass is 627 g/mol. The molecule has 0 amide bonds. The molecule has 0 unspecified atom stereocenters. The molecular formula is C46H29NO2. The minimum absolute atomic E-state index is 0.854. The topological polar surface area (TPSA) is 29.5 Å². The second kappa shape index (κ2) is 11.0. The summed E-state index contributed by atoms with van der Waals surface area (Å²) in [6.07, 6.45) is 0. The zero-order valence-electron chi connectivity index (χ0n) is 26.5. The Morgan fingerprint density at radius 3 is 1.76 bits per heavy atom. The third kappa shape index (κ3) is 4.44. The number of para-hydroxylation sites is 2. The summed E-state index contributed by atoms with van der Waals surface area (Å²) in [4.78, 5) is 2.39. The molecule has 49 heavy (non-hydrogen) atoms. The Bertz CT molecular complexity index is 2830. The van der Waals surface area contributed by atoms with Gasteiger partial charge in [-0.3, -0.25) is 0 Å². The van der Waals surface area contributed by atoms with Crippen molar-refractivity contribution in [3.8, 4) is 22.3 Å². The van der Waals surface area contributed by atoms with Gasteiger partial charge in [-0.25, -0.2) is 0 Å². The molecule has 3 nitrogen and oxygen atoms in total. The SMILES string of the molecule is c1ccc(-c2ccc(N(c3cccc4cc5c(cc34)oc3ccccc35)c3cccc4oc5ccccc5c34)cc2-c2ccccc2)cc1. The van der Waals surface area contributed by atoms with Crippen molar-refractivity contribution < 1.29 is 8.83 Å². The van der Waals surface area contributed by atoms with Gasteiger partial charge in [0.15, 0.2) is 0 Å². The fourth-order valence-corrected chi connectivity index (χ4v) is 7.42. The third-order valence-corrected chi connectivity index (χ3v) is 9.65. The van der Waals surface area contributed by atoms with E-state index < -0.39 is 0 Å². The molecule has 0 saturated heterocycles. The van der Waals surface area contributed by atoms with Crippen LogP contribution in [0.3, 0.4) is 0 Å². The number of fused-ring (bicyclic) bond motifs is 7. The van der Waals surface area contributed by atoms with Crippen LogP contribution in [0.15, 0.2) is 185 Å². The lowest BCUT2D eigenvalue weighted by atomic mass is 9.93. The number of anilines is 3. The first-order chi connectivity index (χ1) is 24.3. The lowest BCUT2D eigenvalue weighted by molar-refractivity contribution is 0.668. The number of rotatable bonds is 5. The molecule has 230 valence electrons. The fourth-order valence-electron chi connectivity index (χ4n) is 7.42. The van der Waals surface area contributed by atoms with Crippen molar-refractivity contribution in [1.29, 1.82) is 0 Å². The molecule has 0 N–H and O–H groups in total. The molecule has 0 aliphatic rings. The van der Waals surface area contributed by atoms with Crippen molar-refractivity contribution >= 4 is 71.7 Å². The van der Waals surface area contributed by atoms with Crippen LogP contribution >= 0.6 is 0 Å². The van der Waals surface area contributed by atoms with E-state index in [4.69, 9.17) is 8.83 Å². The first-order valence-electron chi connectivity index (χ1n) is 16.6. The highest BCUT2D eigenvalue weighted by molar-refractivity contribution is 6.17. The van der Waals surface area contributed by atoms with Crippen LogP contribution in [0.25, 0.3) is 76.9 Å². The Hall–Kier alpha value is -6.58. The van der Waals surface area contributed by atoms with E-state index in [1.54, 1.807) is 0 Å². The molecule has 0 spiro atoms. The van der Waals surface area contributed by atoms with Crippen LogP contribution in [0, 0.1) is 0 Å². The zero-order chi connectivity index (χ0) is 32.3. The van der Waals surface area contributed by atoms with E-state index in [9.17, 15) is 0 Å². The predicted octanol–water partition coefficient (Wildman–Crippen LogP) is 13.4. The maximum atomic E-state index is 6.43. The van der Waals surface area contributed by atoms with Crippen LogP contribution in [-0.2, 0) is 0 Å². The van der Waals surface area contributed by atoms with Gasteiger partial charge in [0.2, 0.25) is 0 Å². The summed E-state index contributed by atoms with van der Waals surface area (Å²) in [7, 11) is 0. The second-order valence-corrected chi connectivity index (χ2v) is 12.5. The highest BCUT2D eigenvalue weighted by atomic mass is 16.3. The Kier molecular flexibility index (Phi) is 6.18. The van der Waals surface area contributed by atoms with E-state index >= 15 is 0 Å². The molecule has 0 bridgehead atoms. The van der Waals surface area contributed by atoms with E-state index in [-0.39, 0.29) is 0 Å². The van der Waals surface area contributed by atoms with E-state index in [0.717, 1.165) is 77.3 Å². The van der Waals surface area contributed by atoms with Gasteiger partial charge in [-0.1, -0.05) is 121 Å². The van der Waals surface area contributed by atoms with Gasteiger partial charge >= 0.3 is 0 Å². The first kappa shape index (κ1) is 27.5. The molecule has 10 rings (SSSR count). The fraction of sp³-hybridized carbons (Fsp3) is 0. The molecule has 2 aromatic heterocycles. The summed E-state index contributed by atoms with van der Waals surface area (Å²) in [6.45, 7) is 0. The average Bonchev–Trinajstić information content (AvgIpc) is 3.73. The molecule has 2 heterocycles. The van der Waals surface area contributed by atoms with Crippen molar-refractivity contribution in [2.75, 3.05) is 4.90 Å². The Morgan fingerprint density at radius 2 is 0.959 bits per heavy atom. The molecule has 0 aliphatic heterocycles. The predicted molar refractivity (Wildman–Crippen MR) is 204 cm³/mol. The lowest BCUT2D eigenvalue weighted by Crippen LogP contribution is -2.11. The zero-order valence-corrected chi connectivity index (χ0v) is 26.5. The van der Waals surface area contributed by atoms with Crippen LogP contribution in [0.1, 0.15) is 0 Å². The quantitative estimate of drug-likeness (QED) is 0.190. The van der Waals surface area contributed by atoms with Crippen molar-refractivity contribution in [1.82, 2.24) is 0 Å². The number of furan rings is 2. The molecule has 0 radical (unpaired) electrons. The summed E-state index contributed by atoms with van der Waals surface area (Å²) in [5, 5.41) is 6.66. The van der Waals surface area contributed by atoms with E-state index in [1.165, 1.54) is 16.7 Å². The smallest absolute Gasteiger partial charge is 0.137 e. The molecule has 0 atom stereocenters. The third-order valence-electron chi connectivity index (χ3n) is 9.65. The molecule has 10 aromatic rings. The van der Waals surface area contributed by atoms with Gasteiger partial charge in [-0.2, -0.15) is 0 Å². The van der Waals surface area contributed by atoms with Gasteiger partial charge < -0.3 is 13.7 Å². The van der Waals surface area contributed by atoms with Crippen molar-refractivity contribution in [3.05, 3.63) is 176 Å². The van der Waals surface area contributed by atoms with Crippen molar-refractivity contribution in [2.24, 2.45) is 0 Å². The standard InChI is InChI=1S/C46H29NO2/c1-3-13-30(14-4-1)34-26-25-33(28-37(34)31-15-5-2-6-16-31)47(41-21-12-24-44-46(41)36-19-8-10-23-43(36)48-44)40-20-11-17-32-27-39-35-18-7-9-22-42(35)49-45(39)29-38(32)40/h1-29H. The van der Waals surface area contributed by atoms with Crippen molar-refractivity contribution in [3.63, 3.8) is 0 Å². The largest absolute Gasteiger partial charge is 0.456 e. The van der Waals surface area contributed by atoms with Crippen LogP contribution in [-0.4, -0.2) is 0 Å². The Morgan fingerprint density at radius 1 is 0.347 bits per heavy atom. The van der Waals surface area contributed by atoms with E-state index in [1.807, 2.05) is 24.3 Å². The number of benzene rings is 8. The van der Waals surface area contributed by atoms with Gasteiger partial charge in [-0.15, -0.1) is 0 Å². The maximum absolute atomic E-state index is 6.43. The molecule has 0 saturated carbocycles. The minimum Gasteiger partial charge on any atom is -0.456 e. The highest BCUT2D eigenvalue weighted by Crippen LogP contribution is 2.47. The highest BCUT2D eigenvalue weighted by Gasteiger charge is 2.23. The van der Waals surface area contributed by atoms with Gasteiger partial charge in [0, 0.05) is 27.2 Å². The average molecular weight is 628 g/mol. The normalized spacial score (nSPS) is 11.7. The van der Waals surface area contributed by atoms with Crippen molar-refractivity contribution in [2.45, 2.75) is 0 Å². The minimum atomic E-state index is 0.854. The Balaban J connectivity index is 1.29. The Labute approximate surface area is 282 Å². The summed E-state index contributed by atoms with van der Waals surface area (Å²) < 4.78 is 12.9. The van der Waals surface area contributed by atoms with E-state index in [2.05, 4.69) is 157 Å². The number of hydrogen-bond donors (Lipinski definition) is 0. The van der Waals surface area contributed by atoms with Gasteiger partial charge in [-0.05, 0) is 82.2 Å². The van der Waals surface area contributed by atoms with Gasteiger partial charge in [0.05, 0.1) is 16.8 Å². The maximum Gasteiger partial charge on any atom is 0.137 e. The van der Waals surface area contributed by atoms with Gasteiger partial charge in [0.25, 0.3) is 0 Å². The number of nitrogens with zero attached hydrogens (tertiary/aromatic N) is 1. The van der Waals surface area contributed by atoms with Crippen LogP contribution in [0.4, 0.5) is 17.1 Å².